The maximum atomic E-state index is 13.3. The molecule has 3 heterocycles. The first kappa shape index (κ1) is 17.0. The lowest BCUT2D eigenvalue weighted by molar-refractivity contribution is -0.131. The zero-order valence-corrected chi connectivity index (χ0v) is 15.5. The first-order valence-electron chi connectivity index (χ1n) is 8.87. The number of aromatic nitrogens is 4. The van der Waals surface area contributed by atoms with E-state index in [4.69, 9.17) is 0 Å². The molecule has 1 atom stereocenters. The molecule has 1 aliphatic heterocycles. The molecule has 6 nitrogen and oxygen atoms in total. The second-order valence-electron chi connectivity index (χ2n) is 6.48. The third-order valence-corrected chi connectivity index (χ3v) is 5.97. The van der Waals surface area contributed by atoms with Gasteiger partial charge in [-0.1, -0.05) is 42.1 Å². The molecule has 26 heavy (non-hydrogen) atoms. The van der Waals surface area contributed by atoms with Crippen molar-refractivity contribution in [1.82, 2.24) is 24.6 Å². The minimum Gasteiger partial charge on any atom is -0.341 e. The highest BCUT2D eigenvalue weighted by Gasteiger charge is 2.29. The number of fused-ring (bicyclic) bond motifs is 1. The SMILES string of the molecule is Cn1ncc2c(SC(C(=O)N3CCCCC3)c3ccccc3)ncnc21. The van der Waals surface area contributed by atoms with E-state index in [-0.39, 0.29) is 11.2 Å². The smallest absolute Gasteiger partial charge is 0.240 e. The number of amides is 1. The van der Waals surface area contributed by atoms with Crippen molar-refractivity contribution in [3.8, 4) is 0 Å². The highest BCUT2D eigenvalue weighted by molar-refractivity contribution is 8.00. The Labute approximate surface area is 156 Å². The van der Waals surface area contributed by atoms with Gasteiger partial charge in [-0.3, -0.25) is 9.48 Å². The minimum absolute atomic E-state index is 0.163. The number of carbonyl (C=O) groups excluding carboxylic acids is 1. The van der Waals surface area contributed by atoms with E-state index in [2.05, 4.69) is 15.1 Å². The van der Waals surface area contributed by atoms with Crippen LogP contribution in [-0.4, -0.2) is 43.6 Å². The quantitative estimate of drug-likeness (QED) is 0.523. The van der Waals surface area contributed by atoms with E-state index in [1.54, 1.807) is 17.2 Å². The lowest BCUT2D eigenvalue weighted by Crippen LogP contribution is -2.38. The van der Waals surface area contributed by atoms with E-state index in [1.807, 2.05) is 42.3 Å². The molecular weight excluding hydrogens is 346 g/mol. The lowest BCUT2D eigenvalue weighted by atomic mass is 10.1. The Bertz CT molecular complexity index is 905. The summed E-state index contributed by atoms with van der Waals surface area (Å²) in [5.41, 5.74) is 1.78. The molecule has 0 spiro atoms. The van der Waals surface area contributed by atoms with Gasteiger partial charge in [0, 0.05) is 20.1 Å². The fraction of sp³-hybridized carbons (Fsp3) is 0.368. The molecule has 3 aromatic rings. The van der Waals surface area contributed by atoms with Crippen molar-refractivity contribution in [1.29, 1.82) is 0 Å². The van der Waals surface area contributed by atoms with Crippen LogP contribution in [0.4, 0.5) is 0 Å². The molecule has 1 aromatic carbocycles. The topological polar surface area (TPSA) is 63.9 Å². The van der Waals surface area contributed by atoms with Gasteiger partial charge in [0.05, 0.1) is 11.6 Å². The van der Waals surface area contributed by atoms with Crippen molar-refractivity contribution < 1.29 is 4.79 Å². The van der Waals surface area contributed by atoms with Crippen LogP contribution in [0.1, 0.15) is 30.1 Å². The minimum atomic E-state index is -0.312. The van der Waals surface area contributed by atoms with Gasteiger partial charge in [0.1, 0.15) is 16.6 Å². The third-order valence-electron chi connectivity index (χ3n) is 4.72. The normalized spacial score (nSPS) is 16.0. The first-order chi connectivity index (χ1) is 12.7. The van der Waals surface area contributed by atoms with Crippen molar-refractivity contribution in [2.24, 2.45) is 7.05 Å². The van der Waals surface area contributed by atoms with E-state index in [0.717, 1.165) is 47.6 Å². The van der Waals surface area contributed by atoms with Crippen molar-refractivity contribution in [2.75, 3.05) is 13.1 Å². The highest BCUT2D eigenvalue weighted by atomic mass is 32.2. The van der Waals surface area contributed by atoms with E-state index in [0.29, 0.717) is 0 Å². The predicted molar refractivity (Wildman–Crippen MR) is 102 cm³/mol. The number of benzene rings is 1. The molecule has 0 aliphatic carbocycles. The summed E-state index contributed by atoms with van der Waals surface area (Å²) in [5, 5.41) is 5.64. The van der Waals surface area contributed by atoms with Crippen molar-refractivity contribution >= 4 is 28.7 Å². The van der Waals surface area contributed by atoms with Crippen LogP contribution in [0, 0.1) is 0 Å². The van der Waals surface area contributed by atoms with Crippen LogP contribution in [0.2, 0.25) is 0 Å². The van der Waals surface area contributed by atoms with Crippen LogP contribution in [0.5, 0.6) is 0 Å². The molecule has 1 unspecified atom stereocenters. The Morgan fingerprint density at radius 2 is 1.88 bits per heavy atom. The number of aryl methyl sites for hydroxylation is 1. The van der Waals surface area contributed by atoms with Crippen molar-refractivity contribution in [3.63, 3.8) is 0 Å². The van der Waals surface area contributed by atoms with E-state index in [1.165, 1.54) is 18.2 Å². The van der Waals surface area contributed by atoms with Gasteiger partial charge in [-0.25, -0.2) is 9.97 Å². The number of carbonyl (C=O) groups is 1. The van der Waals surface area contributed by atoms with Crippen LogP contribution in [0.25, 0.3) is 11.0 Å². The van der Waals surface area contributed by atoms with Gasteiger partial charge >= 0.3 is 0 Å². The zero-order valence-electron chi connectivity index (χ0n) is 14.7. The second-order valence-corrected chi connectivity index (χ2v) is 7.57. The standard InChI is InChI=1S/C19H21N5OS/c1-23-17-15(12-22-23)18(21-13-20-17)26-16(14-8-4-2-5-9-14)19(25)24-10-6-3-7-11-24/h2,4-5,8-9,12-13,16H,3,6-7,10-11H2,1H3. The number of hydrogen-bond acceptors (Lipinski definition) is 5. The van der Waals surface area contributed by atoms with Crippen molar-refractivity contribution in [3.05, 3.63) is 48.4 Å². The Balaban J connectivity index is 1.69. The molecule has 7 heteroatoms. The molecule has 1 amide bonds. The average Bonchev–Trinajstić information content (AvgIpc) is 3.09. The number of piperidine rings is 1. The molecule has 0 saturated carbocycles. The van der Waals surface area contributed by atoms with Gasteiger partial charge in [-0.15, -0.1) is 0 Å². The van der Waals surface area contributed by atoms with Gasteiger partial charge < -0.3 is 4.90 Å². The molecule has 134 valence electrons. The monoisotopic (exact) mass is 367 g/mol. The van der Waals surface area contributed by atoms with E-state index < -0.39 is 0 Å². The average molecular weight is 367 g/mol. The number of hydrogen-bond donors (Lipinski definition) is 0. The lowest BCUT2D eigenvalue weighted by Gasteiger charge is -2.30. The molecule has 0 bridgehead atoms. The number of thioether (sulfide) groups is 1. The van der Waals surface area contributed by atoms with Crippen LogP contribution >= 0.6 is 11.8 Å². The van der Waals surface area contributed by atoms with Gasteiger partial charge in [0.15, 0.2) is 5.65 Å². The molecule has 1 aliphatic rings. The van der Waals surface area contributed by atoms with E-state index >= 15 is 0 Å². The summed E-state index contributed by atoms with van der Waals surface area (Å²) in [4.78, 5) is 24.0. The summed E-state index contributed by atoms with van der Waals surface area (Å²) < 4.78 is 1.73. The Morgan fingerprint density at radius 3 is 2.65 bits per heavy atom. The molecule has 4 rings (SSSR count). The van der Waals surface area contributed by atoms with Crippen LogP contribution in [0.3, 0.4) is 0 Å². The van der Waals surface area contributed by atoms with Crippen LogP contribution < -0.4 is 0 Å². The Hall–Kier alpha value is -2.41. The fourth-order valence-corrected chi connectivity index (χ4v) is 4.46. The van der Waals surface area contributed by atoms with Crippen molar-refractivity contribution in [2.45, 2.75) is 29.5 Å². The second kappa shape index (κ2) is 7.45. The number of likely N-dealkylation sites (tertiary alicyclic amines) is 1. The molecule has 2 aromatic heterocycles. The van der Waals surface area contributed by atoms with Crippen LogP contribution in [0.15, 0.2) is 47.9 Å². The Morgan fingerprint density at radius 1 is 1.12 bits per heavy atom. The predicted octanol–water partition coefficient (Wildman–Crippen LogP) is 3.21. The number of nitrogens with zero attached hydrogens (tertiary/aromatic N) is 5. The zero-order chi connectivity index (χ0) is 17.9. The summed E-state index contributed by atoms with van der Waals surface area (Å²) in [6.45, 7) is 1.68. The van der Waals surface area contributed by atoms with Gasteiger partial charge in [-0.2, -0.15) is 5.10 Å². The molecule has 0 radical (unpaired) electrons. The van der Waals surface area contributed by atoms with Gasteiger partial charge in [0.25, 0.3) is 0 Å². The Kier molecular flexibility index (Phi) is 4.88. The molecule has 1 fully saturated rings. The number of rotatable bonds is 4. The van der Waals surface area contributed by atoms with E-state index in [9.17, 15) is 4.79 Å². The maximum absolute atomic E-state index is 13.3. The molecular formula is C19H21N5OS. The summed E-state index contributed by atoms with van der Waals surface area (Å²) in [7, 11) is 1.86. The maximum Gasteiger partial charge on any atom is 0.240 e. The highest BCUT2D eigenvalue weighted by Crippen LogP contribution is 2.38. The molecule has 1 saturated heterocycles. The summed E-state index contributed by atoms with van der Waals surface area (Å²) in [6.07, 6.45) is 6.68. The summed E-state index contributed by atoms with van der Waals surface area (Å²) >= 11 is 1.49. The fourth-order valence-electron chi connectivity index (χ4n) is 3.32. The first-order valence-corrected chi connectivity index (χ1v) is 9.75. The third kappa shape index (κ3) is 3.31. The summed E-state index contributed by atoms with van der Waals surface area (Å²) in [5.74, 6) is 0.163. The molecule has 0 N–H and O–H groups in total. The van der Waals surface area contributed by atoms with Gasteiger partial charge in [0.2, 0.25) is 5.91 Å². The van der Waals surface area contributed by atoms with Crippen LogP contribution in [-0.2, 0) is 11.8 Å². The summed E-state index contributed by atoms with van der Waals surface area (Å²) in [6, 6.07) is 9.96. The van der Waals surface area contributed by atoms with Gasteiger partial charge in [-0.05, 0) is 24.8 Å². The largest absolute Gasteiger partial charge is 0.341 e.